The highest BCUT2D eigenvalue weighted by Gasteiger charge is 2.23. The standard InChI is InChI=1S/C24H29N5O4/c1-4-29-21(14-16(2)28-29)23(30)27-20(24(31)32)15-17-8-10-19(11-9-17)33-13-12-18-6-5-7-22(25-3)26-18/h5-11,14,20H,4,12-13,15H2,1-3H3,(H,25,26)(H,27,30)(H,31,32)/t20-/m0/s1. The van der Waals surface area contributed by atoms with Gasteiger partial charge >= 0.3 is 5.97 Å². The minimum atomic E-state index is -1.10. The summed E-state index contributed by atoms with van der Waals surface area (Å²) in [6, 6.07) is 13.6. The number of carboxylic acid groups (broad SMARTS) is 1. The van der Waals surface area contributed by atoms with Crippen molar-refractivity contribution < 1.29 is 19.4 Å². The molecule has 2 heterocycles. The highest BCUT2D eigenvalue weighted by Crippen LogP contribution is 2.15. The second-order valence-corrected chi connectivity index (χ2v) is 7.56. The van der Waals surface area contributed by atoms with Crippen LogP contribution in [-0.2, 0) is 24.2 Å². The maximum absolute atomic E-state index is 12.6. The van der Waals surface area contributed by atoms with Crippen LogP contribution in [0.15, 0.2) is 48.5 Å². The highest BCUT2D eigenvalue weighted by atomic mass is 16.5. The molecule has 0 spiro atoms. The fraction of sp³-hybridized carbons (Fsp3) is 0.333. The van der Waals surface area contributed by atoms with E-state index < -0.39 is 17.9 Å². The third-order valence-electron chi connectivity index (χ3n) is 5.09. The Morgan fingerprint density at radius 1 is 1.18 bits per heavy atom. The van der Waals surface area contributed by atoms with E-state index in [-0.39, 0.29) is 6.42 Å². The predicted octanol–water partition coefficient (Wildman–Crippen LogP) is 2.70. The number of carboxylic acids is 1. The molecule has 1 amide bonds. The van der Waals surface area contributed by atoms with Crippen molar-refractivity contribution in [1.29, 1.82) is 0 Å². The largest absolute Gasteiger partial charge is 0.493 e. The molecule has 3 rings (SSSR count). The van der Waals surface area contributed by atoms with Gasteiger partial charge < -0.3 is 20.5 Å². The Morgan fingerprint density at radius 3 is 2.61 bits per heavy atom. The number of pyridine rings is 1. The maximum atomic E-state index is 12.6. The molecule has 0 saturated heterocycles. The maximum Gasteiger partial charge on any atom is 0.326 e. The fourth-order valence-electron chi connectivity index (χ4n) is 3.39. The van der Waals surface area contributed by atoms with Crippen molar-refractivity contribution in [2.24, 2.45) is 0 Å². The molecule has 33 heavy (non-hydrogen) atoms. The molecule has 0 aliphatic heterocycles. The molecule has 0 aliphatic rings. The molecular formula is C24H29N5O4. The van der Waals surface area contributed by atoms with E-state index in [1.165, 1.54) is 0 Å². The van der Waals surface area contributed by atoms with E-state index in [9.17, 15) is 14.7 Å². The van der Waals surface area contributed by atoms with Crippen LogP contribution in [0, 0.1) is 6.92 Å². The van der Waals surface area contributed by atoms with Gasteiger partial charge in [0.15, 0.2) is 0 Å². The van der Waals surface area contributed by atoms with E-state index in [0.29, 0.717) is 36.7 Å². The Kier molecular flexibility index (Phi) is 8.01. The number of hydrogen-bond acceptors (Lipinski definition) is 6. The van der Waals surface area contributed by atoms with Crippen molar-refractivity contribution in [2.45, 2.75) is 39.3 Å². The smallest absolute Gasteiger partial charge is 0.326 e. The van der Waals surface area contributed by atoms with Crippen molar-refractivity contribution >= 4 is 17.7 Å². The number of benzene rings is 1. The van der Waals surface area contributed by atoms with Gasteiger partial charge in [0.1, 0.15) is 23.3 Å². The summed E-state index contributed by atoms with van der Waals surface area (Å²) in [5, 5.41) is 19.5. The summed E-state index contributed by atoms with van der Waals surface area (Å²) in [4.78, 5) is 28.8. The molecule has 0 bridgehead atoms. The summed E-state index contributed by atoms with van der Waals surface area (Å²) in [6.45, 7) is 4.65. The van der Waals surface area contributed by atoms with Crippen LogP contribution in [0.5, 0.6) is 5.75 Å². The van der Waals surface area contributed by atoms with Crippen LogP contribution in [-0.4, -0.2) is 51.4 Å². The zero-order valence-electron chi connectivity index (χ0n) is 19.0. The predicted molar refractivity (Wildman–Crippen MR) is 125 cm³/mol. The lowest BCUT2D eigenvalue weighted by molar-refractivity contribution is -0.139. The van der Waals surface area contributed by atoms with Crippen molar-refractivity contribution in [3.63, 3.8) is 0 Å². The Balaban J connectivity index is 1.56. The quantitative estimate of drug-likeness (QED) is 0.410. The van der Waals surface area contributed by atoms with Crippen LogP contribution in [0.2, 0.25) is 0 Å². The molecule has 0 aliphatic carbocycles. The molecular weight excluding hydrogens is 422 g/mol. The summed E-state index contributed by atoms with van der Waals surface area (Å²) in [5.41, 5.74) is 2.76. The van der Waals surface area contributed by atoms with Crippen LogP contribution in [0.1, 0.15) is 34.4 Å². The molecule has 9 heteroatoms. The second-order valence-electron chi connectivity index (χ2n) is 7.56. The number of hydrogen-bond donors (Lipinski definition) is 3. The Labute approximate surface area is 192 Å². The first kappa shape index (κ1) is 23.8. The first-order valence-electron chi connectivity index (χ1n) is 10.8. The molecule has 9 nitrogen and oxygen atoms in total. The van der Waals surface area contributed by atoms with Gasteiger partial charge in [0.05, 0.1) is 12.3 Å². The van der Waals surface area contributed by atoms with Crippen molar-refractivity contribution in [3.8, 4) is 5.75 Å². The number of ether oxygens (including phenoxy) is 1. The summed E-state index contributed by atoms with van der Waals surface area (Å²) in [7, 11) is 1.83. The van der Waals surface area contributed by atoms with Gasteiger partial charge in [-0.1, -0.05) is 18.2 Å². The first-order chi connectivity index (χ1) is 15.9. The minimum absolute atomic E-state index is 0.154. The van der Waals surface area contributed by atoms with Gasteiger partial charge in [0.25, 0.3) is 5.91 Å². The number of nitrogens with zero attached hydrogens (tertiary/aromatic N) is 3. The molecule has 3 N–H and O–H groups in total. The molecule has 174 valence electrons. The Morgan fingerprint density at radius 2 is 1.94 bits per heavy atom. The SMILES string of the molecule is CCn1nc(C)cc1C(=O)N[C@@H](Cc1ccc(OCCc2cccc(NC)n2)cc1)C(=O)O. The number of rotatable bonds is 11. The molecule has 1 atom stereocenters. The zero-order chi connectivity index (χ0) is 23.8. The van der Waals surface area contributed by atoms with Crippen LogP contribution >= 0.6 is 0 Å². The molecule has 0 unspecified atom stereocenters. The zero-order valence-corrected chi connectivity index (χ0v) is 19.0. The molecule has 1 aromatic carbocycles. The lowest BCUT2D eigenvalue weighted by Gasteiger charge is -2.15. The lowest BCUT2D eigenvalue weighted by atomic mass is 10.1. The van der Waals surface area contributed by atoms with E-state index in [1.54, 1.807) is 41.9 Å². The van der Waals surface area contributed by atoms with Gasteiger partial charge in [-0.25, -0.2) is 9.78 Å². The topological polar surface area (TPSA) is 118 Å². The molecule has 0 radical (unpaired) electrons. The van der Waals surface area contributed by atoms with Crippen LogP contribution in [0.3, 0.4) is 0 Å². The van der Waals surface area contributed by atoms with E-state index in [2.05, 4.69) is 20.7 Å². The lowest BCUT2D eigenvalue weighted by Crippen LogP contribution is -2.43. The number of aliphatic carboxylic acids is 1. The average molecular weight is 452 g/mol. The minimum Gasteiger partial charge on any atom is -0.493 e. The number of carbonyl (C=O) groups is 2. The Bertz CT molecular complexity index is 1090. The third kappa shape index (κ3) is 6.55. The van der Waals surface area contributed by atoms with Crippen LogP contribution in [0.4, 0.5) is 5.82 Å². The monoisotopic (exact) mass is 451 g/mol. The number of carbonyl (C=O) groups excluding carboxylic acids is 1. The Hall–Kier alpha value is -3.88. The number of nitrogens with one attached hydrogen (secondary N) is 2. The van der Waals surface area contributed by atoms with E-state index in [0.717, 1.165) is 17.1 Å². The van der Waals surface area contributed by atoms with Gasteiger partial charge in [0.2, 0.25) is 0 Å². The number of anilines is 1. The molecule has 0 fully saturated rings. The van der Waals surface area contributed by atoms with Gasteiger partial charge in [-0.05, 0) is 49.7 Å². The van der Waals surface area contributed by atoms with E-state index in [4.69, 9.17) is 4.74 Å². The molecule has 0 saturated carbocycles. The second kappa shape index (κ2) is 11.1. The van der Waals surface area contributed by atoms with E-state index in [1.807, 2.05) is 32.2 Å². The van der Waals surface area contributed by atoms with Gasteiger partial charge in [0, 0.05) is 32.1 Å². The average Bonchev–Trinajstić information content (AvgIpc) is 3.20. The van der Waals surface area contributed by atoms with Crippen LogP contribution in [0.25, 0.3) is 0 Å². The number of amides is 1. The van der Waals surface area contributed by atoms with Gasteiger partial charge in [-0.15, -0.1) is 0 Å². The van der Waals surface area contributed by atoms with Crippen molar-refractivity contribution in [2.75, 3.05) is 19.0 Å². The van der Waals surface area contributed by atoms with Crippen LogP contribution < -0.4 is 15.4 Å². The van der Waals surface area contributed by atoms with Gasteiger partial charge in [-0.3, -0.25) is 9.48 Å². The highest BCUT2D eigenvalue weighted by molar-refractivity contribution is 5.95. The summed E-state index contributed by atoms with van der Waals surface area (Å²) in [5.74, 6) is -0.0621. The normalized spacial score (nSPS) is 11.6. The molecule has 3 aromatic rings. The summed E-state index contributed by atoms with van der Waals surface area (Å²) >= 11 is 0. The number of aryl methyl sites for hydroxylation is 2. The fourth-order valence-corrected chi connectivity index (χ4v) is 3.39. The number of aromatic nitrogens is 3. The summed E-state index contributed by atoms with van der Waals surface area (Å²) in [6.07, 6.45) is 0.819. The van der Waals surface area contributed by atoms with E-state index >= 15 is 0 Å². The first-order valence-corrected chi connectivity index (χ1v) is 10.8. The van der Waals surface area contributed by atoms with Gasteiger partial charge in [-0.2, -0.15) is 5.10 Å². The summed E-state index contributed by atoms with van der Waals surface area (Å²) < 4.78 is 7.34. The van der Waals surface area contributed by atoms with Crippen molar-refractivity contribution in [1.82, 2.24) is 20.1 Å². The van der Waals surface area contributed by atoms with Crippen molar-refractivity contribution in [3.05, 3.63) is 71.2 Å². The third-order valence-corrected chi connectivity index (χ3v) is 5.09. The molecule has 2 aromatic heterocycles.